The van der Waals surface area contributed by atoms with Gasteiger partial charge in [-0.25, -0.2) is 0 Å². The molecule has 0 spiro atoms. The summed E-state index contributed by atoms with van der Waals surface area (Å²) < 4.78 is 0. The van der Waals surface area contributed by atoms with Crippen molar-refractivity contribution in [3.05, 3.63) is 16.0 Å². The van der Waals surface area contributed by atoms with Crippen LogP contribution in [0.15, 0.2) is 0 Å². The molecule has 0 aromatic carbocycles. The third-order valence-corrected chi connectivity index (χ3v) is 6.18. The Morgan fingerprint density at radius 1 is 1.33 bits per heavy atom. The second-order valence-corrected chi connectivity index (χ2v) is 7.55. The normalized spacial score (nSPS) is 27.0. The molecular formula is C16H22N2O2S. The van der Waals surface area contributed by atoms with Gasteiger partial charge in [-0.15, -0.1) is 11.3 Å². The van der Waals surface area contributed by atoms with Crippen molar-refractivity contribution in [2.24, 2.45) is 23.5 Å². The van der Waals surface area contributed by atoms with Crippen LogP contribution >= 0.6 is 11.3 Å². The molecule has 1 heterocycles. The average molecular weight is 306 g/mol. The summed E-state index contributed by atoms with van der Waals surface area (Å²) in [6.07, 6.45) is 5.41. The van der Waals surface area contributed by atoms with E-state index in [1.165, 1.54) is 30.6 Å². The molecule has 0 radical (unpaired) electrons. The molecule has 114 valence electrons. The molecule has 5 heteroatoms. The minimum absolute atomic E-state index is 0.0774. The molecule has 4 nitrogen and oxygen atoms in total. The van der Waals surface area contributed by atoms with E-state index in [0.717, 1.165) is 29.2 Å². The van der Waals surface area contributed by atoms with Crippen molar-refractivity contribution in [1.82, 2.24) is 0 Å². The van der Waals surface area contributed by atoms with Crippen LogP contribution in [0, 0.1) is 24.7 Å². The number of amides is 2. The first kappa shape index (κ1) is 14.6. The molecule has 2 bridgehead atoms. The average Bonchev–Trinajstić information content (AvgIpc) is 3.11. The quantitative estimate of drug-likeness (QED) is 0.897. The summed E-state index contributed by atoms with van der Waals surface area (Å²) in [6.45, 7) is 3.98. The van der Waals surface area contributed by atoms with Crippen molar-refractivity contribution < 1.29 is 9.59 Å². The molecule has 1 aromatic rings. The molecule has 2 aliphatic rings. The lowest BCUT2D eigenvalue weighted by atomic mass is 9.88. The molecule has 3 N–H and O–H groups in total. The topological polar surface area (TPSA) is 72.2 Å². The van der Waals surface area contributed by atoms with Crippen molar-refractivity contribution in [2.75, 3.05) is 5.32 Å². The summed E-state index contributed by atoms with van der Waals surface area (Å²) in [7, 11) is 0. The predicted octanol–water partition coefficient (Wildman–Crippen LogP) is 3.09. The van der Waals surface area contributed by atoms with Gasteiger partial charge in [0.2, 0.25) is 5.91 Å². The molecule has 0 saturated heterocycles. The van der Waals surface area contributed by atoms with Gasteiger partial charge in [0.15, 0.2) is 0 Å². The van der Waals surface area contributed by atoms with E-state index in [4.69, 9.17) is 5.73 Å². The van der Waals surface area contributed by atoms with E-state index in [0.29, 0.717) is 16.5 Å². The smallest absolute Gasteiger partial charge is 0.251 e. The van der Waals surface area contributed by atoms with Crippen LogP contribution in [0.25, 0.3) is 0 Å². The van der Waals surface area contributed by atoms with E-state index in [9.17, 15) is 9.59 Å². The third-order valence-electron chi connectivity index (χ3n) is 5.12. The highest BCUT2D eigenvalue weighted by Gasteiger charge is 2.43. The largest absolute Gasteiger partial charge is 0.365 e. The van der Waals surface area contributed by atoms with Gasteiger partial charge in [-0.3, -0.25) is 9.59 Å². The van der Waals surface area contributed by atoms with E-state index in [1.54, 1.807) is 0 Å². The zero-order valence-corrected chi connectivity index (χ0v) is 13.4. The summed E-state index contributed by atoms with van der Waals surface area (Å²) in [5, 5.41) is 3.64. The molecule has 21 heavy (non-hydrogen) atoms. The monoisotopic (exact) mass is 306 g/mol. The molecule has 2 aliphatic carbocycles. The maximum absolute atomic E-state index is 12.5. The minimum atomic E-state index is -0.445. The standard InChI is InChI=1S/C16H22N2O2S/c1-3-11-8(2)21-16(13(11)14(17)19)18-15(20)12-7-9-4-5-10(12)6-9/h9-10,12H,3-7H2,1-2H3,(H2,17,19)(H,18,20). The minimum Gasteiger partial charge on any atom is -0.365 e. The number of nitrogens with two attached hydrogens (primary N) is 1. The molecule has 2 fully saturated rings. The molecule has 3 unspecified atom stereocenters. The number of hydrogen-bond acceptors (Lipinski definition) is 3. The Balaban J connectivity index is 1.81. The van der Waals surface area contributed by atoms with Gasteiger partial charge in [-0.1, -0.05) is 13.3 Å². The Hall–Kier alpha value is -1.36. The van der Waals surface area contributed by atoms with Crippen LogP contribution in [-0.2, 0) is 11.2 Å². The zero-order chi connectivity index (χ0) is 15.1. The summed E-state index contributed by atoms with van der Waals surface area (Å²) >= 11 is 1.47. The fourth-order valence-electron chi connectivity index (χ4n) is 4.12. The number of aryl methyl sites for hydroxylation is 1. The molecule has 1 aromatic heterocycles. The molecular weight excluding hydrogens is 284 g/mol. The molecule has 3 atom stereocenters. The highest BCUT2D eigenvalue weighted by molar-refractivity contribution is 7.16. The van der Waals surface area contributed by atoms with E-state index in [-0.39, 0.29) is 11.8 Å². The number of fused-ring (bicyclic) bond motifs is 2. The van der Waals surface area contributed by atoms with Crippen LogP contribution in [0.2, 0.25) is 0 Å². The van der Waals surface area contributed by atoms with Gasteiger partial charge < -0.3 is 11.1 Å². The number of rotatable bonds is 4. The van der Waals surface area contributed by atoms with Crippen LogP contribution in [0.5, 0.6) is 0 Å². The highest BCUT2D eigenvalue weighted by atomic mass is 32.1. The zero-order valence-electron chi connectivity index (χ0n) is 12.6. The van der Waals surface area contributed by atoms with Crippen molar-refractivity contribution in [3.63, 3.8) is 0 Å². The van der Waals surface area contributed by atoms with Crippen LogP contribution < -0.4 is 11.1 Å². The van der Waals surface area contributed by atoms with Crippen LogP contribution in [0.1, 0.15) is 53.4 Å². The third kappa shape index (κ3) is 2.48. The lowest BCUT2D eigenvalue weighted by molar-refractivity contribution is -0.121. The van der Waals surface area contributed by atoms with Crippen molar-refractivity contribution >= 4 is 28.2 Å². The Morgan fingerprint density at radius 3 is 2.62 bits per heavy atom. The molecule has 2 saturated carbocycles. The number of hydrogen-bond donors (Lipinski definition) is 2. The van der Waals surface area contributed by atoms with Gasteiger partial charge in [-0.05, 0) is 50.0 Å². The Morgan fingerprint density at radius 2 is 2.10 bits per heavy atom. The number of nitrogens with one attached hydrogen (secondary N) is 1. The summed E-state index contributed by atoms with van der Waals surface area (Å²) in [6, 6.07) is 0. The maximum atomic E-state index is 12.5. The van der Waals surface area contributed by atoms with Crippen LogP contribution in [-0.4, -0.2) is 11.8 Å². The second-order valence-electron chi connectivity index (χ2n) is 6.33. The molecule has 2 amide bonds. The van der Waals surface area contributed by atoms with E-state index in [2.05, 4.69) is 5.32 Å². The first-order valence-corrected chi connectivity index (χ1v) is 8.55. The SMILES string of the molecule is CCc1c(C)sc(NC(=O)C2CC3CCC2C3)c1C(N)=O. The van der Waals surface area contributed by atoms with Crippen molar-refractivity contribution in [1.29, 1.82) is 0 Å². The first-order chi connectivity index (χ1) is 10.0. The lowest BCUT2D eigenvalue weighted by Crippen LogP contribution is -2.28. The Bertz CT molecular complexity index is 593. The summed E-state index contributed by atoms with van der Waals surface area (Å²) in [4.78, 5) is 25.3. The van der Waals surface area contributed by atoms with Gasteiger partial charge in [0.25, 0.3) is 5.91 Å². The fraction of sp³-hybridized carbons (Fsp3) is 0.625. The van der Waals surface area contributed by atoms with Gasteiger partial charge in [0.1, 0.15) is 5.00 Å². The van der Waals surface area contributed by atoms with E-state index < -0.39 is 5.91 Å². The maximum Gasteiger partial charge on any atom is 0.251 e. The van der Waals surface area contributed by atoms with Gasteiger partial charge >= 0.3 is 0 Å². The summed E-state index contributed by atoms with van der Waals surface area (Å²) in [5.41, 5.74) is 6.99. The van der Waals surface area contributed by atoms with E-state index in [1.807, 2.05) is 13.8 Å². The lowest BCUT2D eigenvalue weighted by Gasteiger charge is -2.20. The van der Waals surface area contributed by atoms with Gasteiger partial charge in [0.05, 0.1) is 5.56 Å². The van der Waals surface area contributed by atoms with Gasteiger partial charge in [-0.2, -0.15) is 0 Å². The Labute approximate surface area is 129 Å². The number of carbonyl (C=O) groups is 2. The predicted molar refractivity (Wildman–Crippen MR) is 84.5 cm³/mol. The van der Waals surface area contributed by atoms with E-state index >= 15 is 0 Å². The Kier molecular flexibility index (Phi) is 3.78. The fourth-order valence-corrected chi connectivity index (χ4v) is 5.28. The molecule has 0 aliphatic heterocycles. The second kappa shape index (κ2) is 5.44. The summed E-state index contributed by atoms with van der Waals surface area (Å²) in [5.74, 6) is 1.03. The number of primary amides is 1. The number of anilines is 1. The molecule has 3 rings (SSSR count). The van der Waals surface area contributed by atoms with Crippen LogP contribution in [0.3, 0.4) is 0 Å². The van der Waals surface area contributed by atoms with Crippen molar-refractivity contribution in [2.45, 2.75) is 46.0 Å². The van der Waals surface area contributed by atoms with Gasteiger partial charge in [0, 0.05) is 10.8 Å². The van der Waals surface area contributed by atoms with Crippen molar-refractivity contribution in [3.8, 4) is 0 Å². The highest BCUT2D eigenvalue weighted by Crippen LogP contribution is 2.48. The number of carbonyl (C=O) groups excluding carboxylic acids is 2. The van der Waals surface area contributed by atoms with Crippen LogP contribution in [0.4, 0.5) is 5.00 Å². The number of thiophene rings is 1. The first-order valence-electron chi connectivity index (χ1n) is 7.74.